The van der Waals surface area contributed by atoms with Crippen LogP contribution < -0.4 is 4.90 Å². The highest BCUT2D eigenvalue weighted by molar-refractivity contribution is 6.17. The van der Waals surface area contributed by atoms with Crippen molar-refractivity contribution in [2.45, 2.75) is 26.7 Å². The molecular weight excluding hydrogens is 208 g/mol. The summed E-state index contributed by atoms with van der Waals surface area (Å²) in [5, 5.41) is 0. The van der Waals surface area contributed by atoms with Crippen LogP contribution in [-0.2, 0) is 5.88 Å². The summed E-state index contributed by atoms with van der Waals surface area (Å²) in [6.45, 7) is 7.43. The number of anilines is 1. The van der Waals surface area contributed by atoms with Gasteiger partial charge in [-0.15, -0.1) is 11.6 Å². The van der Waals surface area contributed by atoms with Crippen LogP contribution in [0.1, 0.15) is 25.1 Å². The fraction of sp³-hybridized carbons (Fsp3) is 0.583. The van der Waals surface area contributed by atoms with E-state index in [4.69, 9.17) is 11.6 Å². The molecule has 0 aliphatic carbocycles. The SMILES string of the molecule is Cc1nc(N(C)CC(C)C)ccc1CCl. The number of rotatable bonds is 4. The Morgan fingerprint density at radius 3 is 2.53 bits per heavy atom. The van der Waals surface area contributed by atoms with Crippen LogP contribution in [-0.4, -0.2) is 18.6 Å². The average Bonchev–Trinajstić information content (AvgIpc) is 2.16. The number of aromatic nitrogens is 1. The molecule has 0 aromatic carbocycles. The van der Waals surface area contributed by atoms with Gasteiger partial charge in [-0.3, -0.25) is 0 Å². The Bertz CT molecular complexity index is 323. The van der Waals surface area contributed by atoms with Crippen LogP contribution in [0.5, 0.6) is 0 Å². The van der Waals surface area contributed by atoms with Crippen molar-refractivity contribution in [3.63, 3.8) is 0 Å². The molecule has 84 valence electrons. The van der Waals surface area contributed by atoms with Crippen molar-refractivity contribution in [2.75, 3.05) is 18.5 Å². The van der Waals surface area contributed by atoms with Gasteiger partial charge in [-0.25, -0.2) is 4.98 Å². The van der Waals surface area contributed by atoms with E-state index in [2.05, 4.69) is 36.8 Å². The molecule has 0 radical (unpaired) electrons. The number of alkyl halides is 1. The van der Waals surface area contributed by atoms with Crippen LogP contribution in [0.2, 0.25) is 0 Å². The second-order valence-electron chi connectivity index (χ2n) is 4.32. The maximum Gasteiger partial charge on any atom is 0.128 e. The lowest BCUT2D eigenvalue weighted by Gasteiger charge is -2.21. The third-order valence-electron chi connectivity index (χ3n) is 2.35. The molecule has 0 N–H and O–H groups in total. The van der Waals surface area contributed by atoms with Crippen molar-refractivity contribution in [1.82, 2.24) is 4.98 Å². The summed E-state index contributed by atoms with van der Waals surface area (Å²) in [6.07, 6.45) is 0. The van der Waals surface area contributed by atoms with Gasteiger partial charge in [-0.2, -0.15) is 0 Å². The highest BCUT2D eigenvalue weighted by Gasteiger charge is 2.06. The quantitative estimate of drug-likeness (QED) is 0.733. The Labute approximate surface area is 97.3 Å². The molecule has 0 saturated carbocycles. The molecule has 1 aromatic heterocycles. The normalized spacial score (nSPS) is 10.8. The number of pyridine rings is 1. The van der Waals surface area contributed by atoms with E-state index < -0.39 is 0 Å². The summed E-state index contributed by atoms with van der Waals surface area (Å²) in [6, 6.07) is 4.09. The Morgan fingerprint density at radius 2 is 2.07 bits per heavy atom. The molecule has 0 amide bonds. The van der Waals surface area contributed by atoms with E-state index in [1.165, 1.54) is 0 Å². The molecule has 15 heavy (non-hydrogen) atoms. The summed E-state index contributed by atoms with van der Waals surface area (Å²) < 4.78 is 0. The van der Waals surface area contributed by atoms with Crippen molar-refractivity contribution < 1.29 is 0 Å². The van der Waals surface area contributed by atoms with Crippen LogP contribution in [0.4, 0.5) is 5.82 Å². The molecule has 0 aliphatic heterocycles. The first-order valence-corrected chi connectivity index (χ1v) is 5.81. The van der Waals surface area contributed by atoms with Gasteiger partial charge in [0.25, 0.3) is 0 Å². The highest BCUT2D eigenvalue weighted by Crippen LogP contribution is 2.16. The van der Waals surface area contributed by atoms with Gasteiger partial charge in [-0.1, -0.05) is 19.9 Å². The van der Waals surface area contributed by atoms with Crippen LogP contribution in [0.15, 0.2) is 12.1 Å². The maximum atomic E-state index is 5.79. The third-order valence-corrected chi connectivity index (χ3v) is 2.64. The highest BCUT2D eigenvalue weighted by atomic mass is 35.5. The van der Waals surface area contributed by atoms with Crippen molar-refractivity contribution in [3.05, 3.63) is 23.4 Å². The van der Waals surface area contributed by atoms with Gasteiger partial charge in [0.1, 0.15) is 5.82 Å². The fourth-order valence-electron chi connectivity index (χ4n) is 1.57. The van der Waals surface area contributed by atoms with Crippen LogP contribution in [0, 0.1) is 12.8 Å². The van der Waals surface area contributed by atoms with Crippen LogP contribution in [0.25, 0.3) is 0 Å². The van der Waals surface area contributed by atoms with Gasteiger partial charge < -0.3 is 4.90 Å². The standard InChI is InChI=1S/C12H19ClN2/c1-9(2)8-15(4)12-6-5-11(7-13)10(3)14-12/h5-6,9H,7-8H2,1-4H3. The van der Waals surface area contributed by atoms with E-state index in [1.54, 1.807) is 0 Å². The molecule has 0 saturated heterocycles. The molecule has 0 unspecified atom stereocenters. The Balaban J connectivity index is 2.82. The molecule has 1 aromatic rings. The zero-order valence-corrected chi connectivity index (χ0v) is 10.7. The zero-order chi connectivity index (χ0) is 11.4. The summed E-state index contributed by atoms with van der Waals surface area (Å²) >= 11 is 5.79. The Hall–Kier alpha value is -0.760. The van der Waals surface area contributed by atoms with Crippen molar-refractivity contribution >= 4 is 17.4 Å². The average molecular weight is 227 g/mol. The molecule has 2 nitrogen and oxygen atoms in total. The lowest BCUT2D eigenvalue weighted by molar-refractivity contribution is 0.634. The first-order valence-electron chi connectivity index (χ1n) is 5.28. The Kier molecular flexibility index (Phi) is 4.40. The van der Waals surface area contributed by atoms with E-state index in [9.17, 15) is 0 Å². The molecule has 0 atom stereocenters. The van der Waals surface area contributed by atoms with Crippen molar-refractivity contribution in [1.29, 1.82) is 0 Å². The summed E-state index contributed by atoms with van der Waals surface area (Å²) in [7, 11) is 2.07. The van der Waals surface area contributed by atoms with E-state index in [0.717, 1.165) is 23.6 Å². The van der Waals surface area contributed by atoms with E-state index in [-0.39, 0.29) is 0 Å². The Morgan fingerprint density at radius 1 is 1.40 bits per heavy atom. The third kappa shape index (κ3) is 3.38. The van der Waals surface area contributed by atoms with Gasteiger partial charge in [0.2, 0.25) is 0 Å². The first-order chi connectivity index (χ1) is 7.04. The van der Waals surface area contributed by atoms with Gasteiger partial charge in [0.05, 0.1) is 0 Å². The van der Waals surface area contributed by atoms with Crippen molar-refractivity contribution in [2.24, 2.45) is 5.92 Å². The second-order valence-corrected chi connectivity index (χ2v) is 4.59. The summed E-state index contributed by atoms with van der Waals surface area (Å²) in [5.41, 5.74) is 2.14. The monoisotopic (exact) mass is 226 g/mol. The van der Waals surface area contributed by atoms with E-state index >= 15 is 0 Å². The molecule has 0 aliphatic rings. The minimum Gasteiger partial charge on any atom is -0.359 e. The van der Waals surface area contributed by atoms with Gasteiger partial charge >= 0.3 is 0 Å². The lowest BCUT2D eigenvalue weighted by atomic mass is 10.2. The molecule has 0 bridgehead atoms. The fourth-order valence-corrected chi connectivity index (χ4v) is 1.85. The lowest BCUT2D eigenvalue weighted by Crippen LogP contribution is -2.23. The molecule has 1 heterocycles. The predicted molar refractivity (Wildman–Crippen MR) is 66.6 cm³/mol. The molecule has 0 fully saturated rings. The number of aryl methyl sites for hydroxylation is 1. The number of nitrogens with zero attached hydrogens (tertiary/aromatic N) is 2. The van der Waals surface area contributed by atoms with E-state index in [0.29, 0.717) is 11.8 Å². The predicted octanol–water partition coefficient (Wildman–Crippen LogP) is 3.22. The molecule has 1 rings (SSSR count). The van der Waals surface area contributed by atoms with Crippen molar-refractivity contribution in [3.8, 4) is 0 Å². The topological polar surface area (TPSA) is 16.1 Å². The second kappa shape index (κ2) is 5.36. The molecule has 3 heteroatoms. The van der Waals surface area contributed by atoms with Crippen LogP contribution in [0.3, 0.4) is 0 Å². The molecule has 0 spiro atoms. The van der Waals surface area contributed by atoms with Crippen LogP contribution >= 0.6 is 11.6 Å². The van der Waals surface area contributed by atoms with Gasteiger partial charge in [-0.05, 0) is 24.5 Å². The summed E-state index contributed by atoms with van der Waals surface area (Å²) in [5.74, 6) is 2.20. The van der Waals surface area contributed by atoms with Gasteiger partial charge in [0, 0.05) is 25.2 Å². The molecular formula is C12H19ClN2. The van der Waals surface area contributed by atoms with E-state index in [1.807, 2.05) is 13.0 Å². The maximum absolute atomic E-state index is 5.79. The smallest absolute Gasteiger partial charge is 0.128 e. The summed E-state index contributed by atoms with van der Waals surface area (Å²) in [4.78, 5) is 6.71. The minimum atomic E-state index is 0.535. The minimum absolute atomic E-state index is 0.535. The largest absolute Gasteiger partial charge is 0.359 e. The number of hydrogen-bond donors (Lipinski definition) is 0. The van der Waals surface area contributed by atoms with Gasteiger partial charge in [0.15, 0.2) is 0 Å². The zero-order valence-electron chi connectivity index (χ0n) is 9.92. The number of hydrogen-bond acceptors (Lipinski definition) is 2. The first kappa shape index (κ1) is 12.3. The number of halogens is 1.